The summed E-state index contributed by atoms with van der Waals surface area (Å²) >= 11 is 1.65. The molecule has 0 unspecified atom stereocenters. The highest BCUT2D eigenvalue weighted by Crippen LogP contribution is 2.22. The summed E-state index contributed by atoms with van der Waals surface area (Å²) < 4.78 is 0. The summed E-state index contributed by atoms with van der Waals surface area (Å²) in [6, 6.07) is 1.73. The number of thiazole rings is 1. The Morgan fingerprint density at radius 1 is 1.20 bits per heavy atom. The minimum Gasteiger partial charge on any atom is -0.384 e. The van der Waals surface area contributed by atoms with E-state index in [1.165, 1.54) is 0 Å². The van der Waals surface area contributed by atoms with Gasteiger partial charge in [-0.05, 0) is 6.07 Å². The Hall–Kier alpha value is -2.22. The molecule has 0 aliphatic carbocycles. The van der Waals surface area contributed by atoms with E-state index in [0.29, 0.717) is 11.4 Å². The number of nitrogens with zero attached hydrogens (tertiary/aromatic N) is 5. The van der Waals surface area contributed by atoms with Crippen molar-refractivity contribution in [3.8, 4) is 0 Å². The summed E-state index contributed by atoms with van der Waals surface area (Å²) in [6.07, 6.45) is 3.38. The maximum absolute atomic E-state index is 7.61. The first kappa shape index (κ1) is 12.8. The molecular weight excluding hydrogens is 274 g/mol. The van der Waals surface area contributed by atoms with Gasteiger partial charge in [0.15, 0.2) is 10.9 Å². The van der Waals surface area contributed by atoms with Gasteiger partial charge in [-0.2, -0.15) is 5.10 Å². The van der Waals surface area contributed by atoms with Crippen LogP contribution in [0.25, 0.3) is 0 Å². The van der Waals surface area contributed by atoms with Gasteiger partial charge in [-0.3, -0.25) is 5.41 Å². The van der Waals surface area contributed by atoms with E-state index < -0.39 is 0 Å². The number of anilines is 2. The first-order valence-electron chi connectivity index (χ1n) is 6.31. The molecule has 7 nitrogen and oxygen atoms in total. The number of hydrogen-bond donors (Lipinski definition) is 2. The number of nitrogens with two attached hydrogens (primary N) is 1. The SMILES string of the molecule is N=C(N)c1ccnnc1N1CCN(c2nccs2)CC1. The second-order valence-electron chi connectivity index (χ2n) is 4.47. The lowest BCUT2D eigenvalue weighted by atomic mass is 10.2. The smallest absolute Gasteiger partial charge is 0.185 e. The molecule has 0 amide bonds. The van der Waals surface area contributed by atoms with Gasteiger partial charge in [-0.15, -0.1) is 16.4 Å². The first-order chi connectivity index (χ1) is 9.75. The van der Waals surface area contributed by atoms with Crippen molar-refractivity contribution in [2.45, 2.75) is 0 Å². The van der Waals surface area contributed by atoms with E-state index in [0.717, 1.165) is 31.3 Å². The summed E-state index contributed by atoms with van der Waals surface area (Å²) in [7, 11) is 0. The number of nitrogen functional groups attached to an aromatic ring is 1. The van der Waals surface area contributed by atoms with E-state index in [1.807, 2.05) is 11.6 Å². The normalized spacial score (nSPS) is 15.4. The number of amidine groups is 1. The molecule has 2 aromatic heterocycles. The highest BCUT2D eigenvalue weighted by molar-refractivity contribution is 7.13. The minimum atomic E-state index is 0.0252. The maximum atomic E-state index is 7.61. The van der Waals surface area contributed by atoms with Gasteiger partial charge in [0.05, 0.1) is 11.8 Å². The molecule has 8 heteroatoms. The molecule has 0 bridgehead atoms. The van der Waals surface area contributed by atoms with Crippen molar-refractivity contribution in [2.75, 3.05) is 36.0 Å². The van der Waals surface area contributed by atoms with Crippen molar-refractivity contribution in [1.82, 2.24) is 15.2 Å². The van der Waals surface area contributed by atoms with E-state index in [4.69, 9.17) is 11.1 Å². The maximum Gasteiger partial charge on any atom is 0.185 e. The van der Waals surface area contributed by atoms with Crippen molar-refractivity contribution in [2.24, 2.45) is 5.73 Å². The van der Waals surface area contributed by atoms with E-state index in [9.17, 15) is 0 Å². The molecule has 3 N–H and O–H groups in total. The Balaban J connectivity index is 1.74. The standard InChI is InChI=1S/C12H15N7S/c13-10(14)9-1-2-16-17-11(9)18-4-6-19(7-5-18)12-15-3-8-20-12/h1-3,8H,4-7H2,(H3,13,14). The van der Waals surface area contributed by atoms with Crippen LogP contribution in [0.4, 0.5) is 10.9 Å². The quantitative estimate of drug-likeness (QED) is 0.632. The number of hydrogen-bond acceptors (Lipinski definition) is 7. The van der Waals surface area contributed by atoms with Gasteiger partial charge >= 0.3 is 0 Å². The van der Waals surface area contributed by atoms with Crippen LogP contribution in [0.2, 0.25) is 0 Å². The summed E-state index contributed by atoms with van der Waals surface area (Å²) in [4.78, 5) is 8.70. The van der Waals surface area contributed by atoms with Gasteiger partial charge in [-0.1, -0.05) is 0 Å². The van der Waals surface area contributed by atoms with Crippen LogP contribution < -0.4 is 15.5 Å². The molecule has 3 rings (SSSR count). The number of piperazine rings is 1. The molecular formula is C12H15N7S. The molecule has 1 aliphatic heterocycles. The van der Waals surface area contributed by atoms with E-state index in [1.54, 1.807) is 23.6 Å². The molecule has 1 fully saturated rings. The van der Waals surface area contributed by atoms with E-state index >= 15 is 0 Å². The molecule has 0 atom stereocenters. The van der Waals surface area contributed by atoms with Crippen LogP contribution >= 0.6 is 11.3 Å². The lowest BCUT2D eigenvalue weighted by Gasteiger charge is -2.35. The molecule has 104 valence electrons. The van der Waals surface area contributed by atoms with Gasteiger partial charge < -0.3 is 15.5 Å². The molecule has 0 spiro atoms. The molecule has 20 heavy (non-hydrogen) atoms. The molecule has 0 saturated carbocycles. The Labute approximate surface area is 120 Å². The second-order valence-corrected chi connectivity index (χ2v) is 5.34. The Kier molecular flexibility index (Phi) is 3.46. The third kappa shape index (κ3) is 2.42. The summed E-state index contributed by atoms with van der Waals surface area (Å²) in [5, 5.41) is 18.7. The fraction of sp³-hybridized carbons (Fsp3) is 0.333. The fourth-order valence-electron chi connectivity index (χ4n) is 2.25. The third-order valence-corrected chi connectivity index (χ3v) is 4.09. The Morgan fingerprint density at radius 3 is 2.60 bits per heavy atom. The monoisotopic (exact) mass is 289 g/mol. The highest BCUT2D eigenvalue weighted by atomic mass is 32.1. The van der Waals surface area contributed by atoms with Crippen LogP contribution in [0.1, 0.15) is 5.56 Å². The van der Waals surface area contributed by atoms with Gasteiger partial charge in [-0.25, -0.2) is 4.98 Å². The van der Waals surface area contributed by atoms with Gasteiger partial charge in [0.2, 0.25) is 0 Å². The summed E-state index contributed by atoms with van der Waals surface area (Å²) in [5.74, 6) is 0.719. The zero-order valence-corrected chi connectivity index (χ0v) is 11.7. The molecule has 1 aliphatic rings. The summed E-state index contributed by atoms with van der Waals surface area (Å²) in [5.41, 5.74) is 6.24. The Bertz CT molecular complexity index is 590. The zero-order valence-electron chi connectivity index (χ0n) is 10.9. The second kappa shape index (κ2) is 5.41. The van der Waals surface area contributed by atoms with E-state index in [-0.39, 0.29) is 5.84 Å². The van der Waals surface area contributed by atoms with Gasteiger partial charge in [0.1, 0.15) is 5.84 Å². The van der Waals surface area contributed by atoms with Crippen LogP contribution in [-0.2, 0) is 0 Å². The first-order valence-corrected chi connectivity index (χ1v) is 7.19. The van der Waals surface area contributed by atoms with Crippen molar-refractivity contribution in [3.05, 3.63) is 29.4 Å². The number of aromatic nitrogens is 3. The van der Waals surface area contributed by atoms with E-state index in [2.05, 4.69) is 25.0 Å². The largest absolute Gasteiger partial charge is 0.384 e. The van der Waals surface area contributed by atoms with Crippen LogP contribution in [-0.4, -0.2) is 47.2 Å². The van der Waals surface area contributed by atoms with Gasteiger partial charge in [0.25, 0.3) is 0 Å². The van der Waals surface area contributed by atoms with Crippen molar-refractivity contribution in [3.63, 3.8) is 0 Å². The lowest BCUT2D eigenvalue weighted by molar-refractivity contribution is 0.642. The third-order valence-electron chi connectivity index (χ3n) is 3.26. The molecule has 0 radical (unpaired) electrons. The topological polar surface area (TPSA) is 95.0 Å². The van der Waals surface area contributed by atoms with Crippen molar-refractivity contribution in [1.29, 1.82) is 5.41 Å². The van der Waals surface area contributed by atoms with Crippen molar-refractivity contribution >= 4 is 28.1 Å². The number of rotatable bonds is 3. The highest BCUT2D eigenvalue weighted by Gasteiger charge is 2.22. The average Bonchev–Trinajstić information content (AvgIpc) is 3.02. The molecule has 0 aromatic carbocycles. The average molecular weight is 289 g/mol. The van der Waals surface area contributed by atoms with Crippen LogP contribution in [0.3, 0.4) is 0 Å². The molecule has 1 saturated heterocycles. The molecule has 2 aromatic rings. The Morgan fingerprint density at radius 2 is 1.95 bits per heavy atom. The van der Waals surface area contributed by atoms with Gasteiger partial charge in [0, 0.05) is 37.8 Å². The zero-order chi connectivity index (χ0) is 13.9. The predicted octanol–water partition coefficient (Wildman–Crippen LogP) is 0.544. The number of nitrogens with one attached hydrogen (secondary N) is 1. The fourth-order valence-corrected chi connectivity index (χ4v) is 2.95. The van der Waals surface area contributed by atoms with Crippen LogP contribution in [0, 0.1) is 5.41 Å². The van der Waals surface area contributed by atoms with Crippen LogP contribution in [0.5, 0.6) is 0 Å². The lowest BCUT2D eigenvalue weighted by Crippen LogP contribution is -2.47. The molecule has 3 heterocycles. The van der Waals surface area contributed by atoms with Crippen LogP contribution in [0.15, 0.2) is 23.8 Å². The van der Waals surface area contributed by atoms with Crippen molar-refractivity contribution < 1.29 is 0 Å². The summed E-state index contributed by atoms with van der Waals surface area (Å²) in [6.45, 7) is 3.39. The minimum absolute atomic E-state index is 0.0252. The predicted molar refractivity (Wildman–Crippen MR) is 79.6 cm³/mol.